The molecule has 0 atom stereocenters. The van der Waals surface area contributed by atoms with Gasteiger partial charge >= 0.3 is 0 Å². The third-order valence-electron chi connectivity index (χ3n) is 2.17. The SMILES string of the molecule is CC(=O)c1ccc(C#N)c(C#N)c1C(C)=O. The van der Waals surface area contributed by atoms with Crippen LogP contribution in [0, 0.1) is 22.7 Å². The van der Waals surface area contributed by atoms with Crippen molar-refractivity contribution >= 4 is 11.6 Å². The van der Waals surface area contributed by atoms with E-state index in [9.17, 15) is 9.59 Å². The fourth-order valence-corrected chi connectivity index (χ4v) is 1.47. The third kappa shape index (κ3) is 1.82. The summed E-state index contributed by atoms with van der Waals surface area (Å²) in [5, 5.41) is 17.7. The summed E-state index contributed by atoms with van der Waals surface area (Å²) in [5.74, 6) is -0.690. The fourth-order valence-electron chi connectivity index (χ4n) is 1.47. The number of rotatable bonds is 2. The van der Waals surface area contributed by atoms with Gasteiger partial charge in [-0.25, -0.2) is 0 Å². The molecular formula is C12H8N2O2. The Morgan fingerprint density at radius 2 is 1.69 bits per heavy atom. The number of Topliss-reactive ketones (excluding diaryl/α,β-unsaturated/α-hetero) is 2. The molecular weight excluding hydrogens is 204 g/mol. The molecule has 0 amide bonds. The minimum Gasteiger partial charge on any atom is -0.294 e. The van der Waals surface area contributed by atoms with Crippen LogP contribution < -0.4 is 0 Å². The lowest BCUT2D eigenvalue weighted by atomic mass is 9.93. The number of nitriles is 2. The van der Waals surface area contributed by atoms with Crippen molar-refractivity contribution in [3.63, 3.8) is 0 Å². The second-order valence-electron chi connectivity index (χ2n) is 3.25. The number of hydrogen-bond donors (Lipinski definition) is 0. The van der Waals surface area contributed by atoms with E-state index in [1.54, 1.807) is 6.07 Å². The van der Waals surface area contributed by atoms with Crippen LogP contribution in [-0.2, 0) is 0 Å². The Balaban J connectivity index is 3.74. The van der Waals surface area contributed by atoms with E-state index >= 15 is 0 Å². The summed E-state index contributed by atoms with van der Waals surface area (Å²) in [5.41, 5.74) is 0.303. The molecule has 0 fully saturated rings. The first-order chi connectivity index (χ1) is 7.52. The predicted octanol–water partition coefficient (Wildman–Crippen LogP) is 1.84. The van der Waals surface area contributed by atoms with Crippen LogP contribution in [0.25, 0.3) is 0 Å². The van der Waals surface area contributed by atoms with E-state index in [1.807, 2.05) is 6.07 Å². The van der Waals surface area contributed by atoms with E-state index in [-0.39, 0.29) is 33.8 Å². The molecule has 4 heteroatoms. The van der Waals surface area contributed by atoms with Gasteiger partial charge in [-0.15, -0.1) is 0 Å². The van der Waals surface area contributed by atoms with Crippen molar-refractivity contribution in [3.05, 3.63) is 34.4 Å². The molecule has 0 aliphatic carbocycles. The molecule has 16 heavy (non-hydrogen) atoms. The van der Waals surface area contributed by atoms with Crippen molar-refractivity contribution in [2.45, 2.75) is 13.8 Å². The summed E-state index contributed by atoms with van der Waals surface area (Å²) in [6.07, 6.45) is 0. The van der Waals surface area contributed by atoms with Crippen molar-refractivity contribution < 1.29 is 9.59 Å². The molecule has 1 aromatic carbocycles. The molecule has 0 spiro atoms. The molecule has 0 saturated carbocycles. The molecule has 0 heterocycles. The molecule has 78 valence electrons. The lowest BCUT2D eigenvalue weighted by Crippen LogP contribution is -2.08. The van der Waals surface area contributed by atoms with E-state index in [0.717, 1.165) is 0 Å². The van der Waals surface area contributed by atoms with Crippen LogP contribution in [0.15, 0.2) is 12.1 Å². The first-order valence-electron chi connectivity index (χ1n) is 4.52. The van der Waals surface area contributed by atoms with E-state index in [4.69, 9.17) is 10.5 Å². The van der Waals surface area contributed by atoms with E-state index in [0.29, 0.717) is 0 Å². The maximum Gasteiger partial charge on any atom is 0.161 e. The predicted molar refractivity (Wildman–Crippen MR) is 55.9 cm³/mol. The number of carbonyl (C=O) groups excluding carboxylic acids is 2. The summed E-state index contributed by atoms with van der Waals surface area (Å²) in [6, 6.07) is 6.40. The van der Waals surface area contributed by atoms with Gasteiger partial charge in [-0.1, -0.05) is 0 Å². The van der Waals surface area contributed by atoms with Gasteiger partial charge in [-0.3, -0.25) is 9.59 Å². The average Bonchev–Trinajstić information content (AvgIpc) is 2.26. The van der Waals surface area contributed by atoms with E-state index < -0.39 is 0 Å². The van der Waals surface area contributed by atoms with Gasteiger partial charge in [0, 0.05) is 11.1 Å². The molecule has 0 bridgehead atoms. The largest absolute Gasteiger partial charge is 0.294 e. The highest BCUT2D eigenvalue weighted by molar-refractivity contribution is 6.09. The summed E-state index contributed by atoms with van der Waals surface area (Å²) in [4.78, 5) is 22.7. The van der Waals surface area contributed by atoms with E-state index in [2.05, 4.69) is 0 Å². The van der Waals surface area contributed by atoms with Crippen LogP contribution in [0.3, 0.4) is 0 Å². The molecule has 0 unspecified atom stereocenters. The van der Waals surface area contributed by atoms with Crippen LogP contribution in [0.4, 0.5) is 0 Å². The molecule has 0 aliphatic rings. The van der Waals surface area contributed by atoms with Crippen molar-refractivity contribution in [1.29, 1.82) is 10.5 Å². The Kier molecular flexibility index (Phi) is 3.17. The van der Waals surface area contributed by atoms with Crippen molar-refractivity contribution in [2.24, 2.45) is 0 Å². The Morgan fingerprint density at radius 1 is 1.06 bits per heavy atom. The smallest absolute Gasteiger partial charge is 0.161 e. The van der Waals surface area contributed by atoms with Gasteiger partial charge in [-0.2, -0.15) is 10.5 Å². The highest BCUT2D eigenvalue weighted by atomic mass is 16.1. The summed E-state index contributed by atoms with van der Waals surface area (Å²) >= 11 is 0. The molecule has 0 radical (unpaired) electrons. The van der Waals surface area contributed by atoms with Crippen molar-refractivity contribution in [2.75, 3.05) is 0 Å². The van der Waals surface area contributed by atoms with Crippen LogP contribution in [0.1, 0.15) is 45.7 Å². The number of benzene rings is 1. The Bertz CT molecular complexity index is 560. The number of nitrogens with zero attached hydrogens (tertiary/aromatic N) is 2. The lowest BCUT2D eigenvalue weighted by molar-refractivity contribution is 0.0980. The first kappa shape index (κ1) is 11.6. The lowest BCUT2D eigenvalue weighted by Gasteiger charge is -2.06. The second-order valence-corrected chi connectivity index (χ2v) is 3.25. The molecule has 1 rings (SSSR count). The zero-order chi connectivity index (χ0) is 12.3. The maximum atomic E-state index is 11.4. The summed E-state index contributed by atoms with van der Waals surface area (Å²) in [6.45, 7) is 2.58. The standard InChI is InChI=1S/C12H8N2O2/c1-7(15)10-4-3-9(5-13)11(6-14)12(10)8(2)16/h3-4H,1-2H3. The zero-order valence-electron chi connectivity index (χ0n) is 8.87. The minimum absolute atomic E-state index is 0.0253. The van der Waals surface area contributed by atoms with Crippen LogP contribution >= 0.6 is 0 Å². The van der Waals surface area contributed by atoms with Gasteiger partial charge in [-0.05, 0) is 26.0 Å². The van der Waals surface area contributed by atoms with Gasteiger partial charge in [0.05, 0.1) is 11.1 Å². The van der Waals surface area contributed by atoms with E-state index in [1.165, 1.54) is 26.0 Å². The van der Waals surface area contributed by atoms with Gasteiger partial charge in [0.15, 0.2) is 11.6 Å². The topological polar surface area (TPSA) is 81.7 Å². The molecule has 0 aromatic heterocycles. The van der Waals surface area contributed by atoms with Crippen LogP contribution in [0.5, 0.6) is 0 Å². The first-order valence-corrected chi connectivity index (χ1v) is 4.52. The quantitative estimate of drug-likeness (QED) is 0.700. The molecule has 1 aromatic rings. The summed E-state index contributed by atoms with van der Waals surface area (Å²) < 4.78 is 0. The Labute approximate surface area is 92.7 Å². The number of ketones is 2. The highest BCUT2D eigenvalue weighted by Crippen LogP contribution is 2.19. The molecule has 4 nitrogen and oxygen atoms in total. The monoisotopic (exact) mass is 212 g/mol. The maximum absolute atomic E-state index is 11.4. The van der Waals surface area contributed by atoms with Gasteiger partial charge in [0.2, 0.25) is 0 Å². The minimum atomic E-state index is -0.390. The second kappa shape index (κ2) is 4.37. The average molecular weight is 212 g/mol. The zero-order valence-corrected chi connectivity index (χ0v) is 8.87. The van der Waals surface area contributed by atoms with Crippen molar-refractivity contribution in [1.82, 2.24) is 0 Å². The molecule has 0 aliphatic heterocycles. The highest BCUT2D eigenvalue weighted by Gasteiger charge is 2.18. The van der Waals surface area contributed by atoms with Gasteiger partial charge in [0.1, 0.15) is 12.1 Å². The van der Waals surface area contributed by atoms with Gasteiger partial charge in [0.25, 0.3) is 0 Å². The normalized spacial score (nSPS) is 9.00. The molecule has 0 saturated heterocycles. The van der Waals surface area contributed by atoms with Crippen LogP contribution in [-0.4, -0.2) is 11.6 Å². The summed E-state index contributed by atoms with van der Waals surface area (Å²) in [7, 11) is 0. The Morgan fingerprint density at radius 3 is 2.06 bits per heavy atom. The van der Waals surface area contributed by atoms with Crippen LogP contribution in [0.2, 0.25) is 0 Å². The number of carbonyl (C=O) groups is 2. The molecule has 0 N–H and O–H groups in total. The van der Waals surface area contributed by atoms with Crippen molar-refractivity contribution in [3.8, 4) is 12.1 Å². The number of hydrogen-bond acceptors (Lipinski definition) is 4. The third-order valence-corrected chi connectivity index (χ3v) is 2.17. The Hall–Kier alpha value is -2.46. The fraction of sp³-hybridized carbons (Fsp3) is 0.167. The van der Waals surface area contributed by atoms with Gasteiger partial charge < -0.3 is 0 Å².